The molecule has 5 aliphatic rings. The van der Waals surface area contributed by atoms with Crippen molar-refractivity contribution in [3.63, 3.8) is 0 Å². The molecule has 0 aromatic carbocycles. The van der Waals surface area contributed by atoms with E-state index in [0.717, 1.165) is 38.5 Å². The molecule has 0 bridgehead atoms. The maximum atomic E-state index is 12.8. The molecule has 5 rings (SSSR count). The summed E-state index contributed by atoms with van der Waals surface area (Å²) in [6.07, 6.45) is 8.29. The van der Waals surface area contributed by atoms with Crippen molar-refractivity contribution in [3.05, 3.63) is 11.6 Å². The number of rotatable bonds is 2. The molecule has 4 saturated carbocycles. The van der Waals surface area contributed by atoms with E-state index in [1.165, 1.54) is 5.57 Å². The fraction of sp³-hybridized carbons (Fsp3) is 0.900. The number of allylic oxidation sites excluding steroid dienone is 1. The number of aliphatic hydroxyl groups is 3. The van der Waals surface area contributed by atoms with E-state index >= 15 is 0 Å². The monoisotopic (exact) mass is 488 g/mol. The van der Waals surface area contributed by atoms with Gasteiger partial charge in [0.1, 0.15) is 0 Å². The Morgan fingerprint density at radius 3 is 2.23 bits per heavy atom. The minimum absolute atomic E-state index is 0.00285. The van der Waals surface area contributed by atoms with Crippen LogP contribution in [0, 0.1) is 50.2 Å². The maximum Gasteiger partial charge on any atom is 0.310 e. The fourth-order valence-electron chi connectivity index (χ4n) is 10.7. The van der Waals surface area contributed by atoms with Crippen LogP contribution in [0.25, 0.3) is 0 Å². The first-order valence-corrected chi connectivity index (χ1v) is 14.0. The zero-order valence-corrected chi connectivity index (χ0v) is 22.7. The van der Waals surface area contributed by atoms with E-state index in [0.29, 0.717) is 25.2 Å². The van der Waals surface area contributed by atoms with Crippen molar-refractivity contribution in [2.24, 2.45) is 50.2 Å². The molecule has 4 fully saturated rings. The van der Waals surface area contributed by atoms with Crippen molar-refractivity contribution in [1.82, 2.24) is 0 Å². The van der Waals surface area contributed by atoms with Crippen molar-refractivity contribution in [1.29, 1.82) is 0 Å². The van der Waals surface area contributed by atoms with Gasteiger partial charge in [0.05, 0.1) is 24.2 Å². The third kappa shape index (κ3) is 3.01. The van der Waals surface area contributed by atoms with Gasteiger partial charge >= 0.3 is 5.97 Å². The van der Waals surface area contributed by atoms with Crippen LogP contribution in [-0.4, -0.2) is 45.2 Å². The Morgan fingerprint density at radius 2 is 1.60 bits per heavy atom. The van der Waals surface area contributed by atoms with E-state index in [2.05, 4.69) is 47.6 Å². The zero-order valence-electron chi connectivity index (χ0n) is 22.7. The van der Waals surface area contributed by atoms with E-state index in [9.17, 15) is 25.2 Å². The van der Waals surface area contributed by atoms with Crippen molar-refractivity contribution in [2.75, 3.05) is 6.61 Å². The molecule has 0 saturated heterocycles. The lowest BCUT2D eigenvalue weighted by Crippen LogP contribution is -2.68. The fourth-order valence-corrected chi connectivity index (χ4v) is 10.7. The number of carboxylic acid groups (broad SMARTS) is 1. The summed E-state index contributed by atoms with van der Waals surface area (Å²) in [5.74, 6) is -0.212. The number of hydrogen-bond donors (Lipinski definition) is 4. The first-order chi connectivity index (χ1) is 16.1. The molecule has 5 aliphatic carbocycles. The van der Waals surface area contributed by atoms with E-state index in [1.54, 1.807) is 0 Å². The molecular weight excluding hydrogens is 440 g/mol. The molecule has 5 nitrogen and oxygen atoms in total. The van der Waals surface area contributed by atoms with Crippen molar-refractivity contribution >= 4 is 5.97 Å². The summed E-state index contributed by atoms with van der Waals surface area (Å²) in [6, 6.07) is 0. The summed E-state index contributed by atoms with van der Waals surface area (Å²) >= 11 is 0. The summed E-state index contributed by atoms with van der Waals surface area (Å²) in [7, 11) is 0. The molecule has 198 valence electrons. The number of aliphatic carboxylic acids is 1. The Labute approximate surface area is 211 Å². The molecule has 4 N–H and O–H groups in total. The van der Waals surface area contributed by atoms with Gasteiger partial charge in [0, 0.05) is 10.8 Å². The van der Waals surface area contributed by atoms with Gasteiger partial charge in [0.15, 0.2) is 0 Å². The first kappa shape index (κ1) is 25.7. The van der Waals surface area contributed by atoms with Crippen LogP contribution in [0.15, 0.2) is 11.6 Å². The van der Waals surface area contributed by atoms with Crippen molar-refractivity contribution < 1.29 is 25.2 Å². The van der Waals surface area contributed by atoms with Crippen LogP contribution in [0.2, 0.25) is 0 Å². The SMILES string of the molecule is CC1(C)CC[C@@]2(C(=O)O)CC(O)[C@]3(C)C(=CCC4[C@@]5(C)CC[C@H](O)[C@@](C)(CO)C5CC[C@]43C)C2C1. The van der Waals surface area contributed by atoms with Crippen LogP contribution in [0.3, 0.4) is 0 Å². The lowest BCUT2D eigenvalue weighted by atomic mass is 9.33. The predicted octanol–water partition coefficient (Wildman–Crippen LogP) is 5.18. The summed E-state index contributed by atoms with van der Waals surface area (Å²) < 4.78 is 0. The van der Waals surface area contributed by atoms with Crippen LogP contribution < -0.4 is 0 Å². The molecule has 0 aromatic rings. The minimum atomic E-state index is -0.866. The van der Waals surface area contributed by atoms with Gasteiger partial charge in [-0.25, -0.2) is 0 Å². The third-order valence-electron chi connectivity index (χ3n) is 13.2. The van der Waals surface area contributed by atoms with Gasteiger partial charge in [0.25, 0.3) is 0 Å². The van der Waals surface area contributed by atoms with Crippen molar-refractivity contribution in [3.8, 4) is 0 Å². The van der Waals surface area contributed by atoms with E-state index < -0.39 is 34.4 Å². The number of carbonyl (C=O) groups is 1. The van der Waals surface area contributed by atoms with Crippen LogP contribution in [0.5, 0.6) is 0 Å². The lowest BCUT2D eigenvalue weighted by molar-refractivity contribution is -0.233. The molecule has 5 heteroatoms. The Morgan fingerprint density at radius 1 is 0.914 bits per heavy atom. The second kappa shape index (κ2) is 7.57. The van der Waals surface area contributed by atoms with Gasteiger partial charge in [-0.2, -0.15) is 0 Å². The highest BCUT2D eigenvalue weighted by atomic mass is 16.4. The Hall–Kier alpha value is -0.910. The van der Waals surface area contributed by atoms with E-state index in [1.807, 2.05) is 0 Å². The average Bonchev–Trinajstić information content (AvgIpc) is 2.78. The largest absolute Gasteiger partial charge is 0.481 e. The van der Waals surface area contributed by atoms with Crippen LogP contribution in [0.1, 0.15) is 99.3 Å². The predicted molar refractivity (Wildman–Crippen MR) is 135 cm³/mol. The number of aliphatic hydroxyl groups excluding tert-OH is 3. The van der Waals surface area contributed by atoms with Crippen LogP contribution in [0.4, 0.5) is 0 Å². The Balaban J connectivity index is 1.63. The van der Waals surface area contributed by atoms with Crippen LogP contribution in [-0.2, 0) is 4.79 Å². The van der Waals surface area contributed by atoms with E-state index in [4.69, 9.17) is 0 Å². The van der Waals surface area contributed by atoms with Gasteiger partial charge in [-0.1, -0.05) is 53.2 Å². The number of carboxylic acids is 1. The van der Waals surface area contributed by atoms with Gasteiger partial charge in [-0.05, 0) is 91.8 Å². The number of fused-ring (bicyclic) bond motifs is 7. The molecule has 35 heavy (non-hydrogen) atoms. The minimum Gasteiger partial charge on any atom is -0.481 e. The van der Waals surface area contributed by atoms with Gasteiger partial charge in [-0.15, -0.1) is 0 Å². The molecule has 0 aliphatic heterocycles. The van der Waals surface area contributed by atoms with Gasteiger partial charge < -0.3 is 20.4 Å². The molecular formula is C30H48O5. The van der Waals surface area contributed by atoms with E-state index in [-0.39, 0.29) is 34.7 Å². The smallest absolute Gasteiger partial charge is 0.310 e. The van der Waals surface area contributed by atoms with Gasteiger partial charge in [-0.3, -0.25) is 4.79 Å². The summed E-state index contributed by atoms with van der Waals surface area (Å²) in [6.45, 7) is 13.6. The Bertz CT molecular complexity index is 941. The normalized spacial score (nSPS) is 55.0. The third-order valence-corrected chi connectivity index (χ3v) is 13.2. The Kier molecular flexibility index (Phi) is 5.56. The lowest BCUT2D eigenvalue weighted by Gasteiger charge is -2.72. The topological polar surface area (TPSA) is 98.0 Å². The molecule has 0 amide bonds. The van der Waals surface area contributed by atoms with Gasteiger partial charge in [0.2, 0.25) is 0 Å². The highest BCUT2D eigenvalue weighted by Gasteiger charge is 2.71. The van der Waals surface area contributed by atoms with Crippen molar-refractivity contribution in [2.45, 2.75) is 112 Å². The zero-order chi connectivity index (χ0) is 25.8. The summed E-state index contributed by atoms with van der Waals surface area (Å²) in [4.78, 5) is 12.8. The molecule has 0 aromatic heterocycles. The highest BCUT2D eigenvalue weighted by Crippen LogP contribution is 2.75. The second-order valence-electron chi connectivity index (χ2n) is 15.0. The van der Waals surface area contributed by atoms with Crippen LogP contribution >= 0.6 is 0 Å². The molecule has 4 unspecified atom stereocenters. The highest BCUT2D eigenvalue weighted by molar-refractivity contribution is 5.77. The quantitative estimate of drug-likeness (QED) is 0.402. The molecule has 0 heterocycles. The maximum absolute atomic E-state index is 12.8. The molecule has 10 atom stereocenters. The standard InChI is InChI=1S/C30H48O5/c1-25(2)13-14-30(24(34)35)16-23(33)29(6)18(19(30)15-25)7-8-21-26(3)11-10-22(32)27(4,17-31)20(26)9-12-28(21,29)5/h7,19-23,31-33H,8-17H2,1-6H3,(H,34,35)/t19?,20?,21?,22-,23?,26-,27-,28+,29-,30+/m0/s1. The molecule has 0 radical (unpaired) electrons. The summed E-state index contributed by atoms with van der Waals surface area (Å²) in [5.41, 5.74) is -0.725. The summed E-state index contributed by atoms with van der Waals surface area (Å²) in [5, 5.41) is 43.8. The molecule has 0 spiro atoms. The first-order valence-electron chi connectivity index (χ1n) is 14.0. The second-order valence-corrected chi connectivity index (χ2v) is 15.0. The number of hydrogen-bond acceptors (Lipinski definition) is 4. The average molecular weight is 489 g/mol.